The maximum absolute atomic E-state index is 14.4. The number of carbonyl (C=O) groups is 3. The molecule has 0 radical (unpaired) electrons. The fourth-order valence-electron chi connectivity index (χ4n) is 6.28. The Morgan fingerprint density at radius 2 is 1.31 bits per heavy atom. The molecule has 0 saturated carbocycles. The number of thiocarbonyl (C=S) groups is 1. The normalized spacial score (nSPS) is 13.2. The van der Waals surface area contributed by atoms with Crippen LogP contribution in [-0.4, -0.2) is 64.9 Å². The van der Waals surface area contributed by atoms with Gasteiger partial charge in [-0.15, -0.1) is 0 Å². The molecule has 4 rings (SSSR count). The van der Waals surface area contributed by atoms with Gasteiger partial charge < -0.3 is 31.5 Å². The first kappa shape index (κ1) is 37.3. The number of hydrogen-bond donors (Lipinski definition) is 6. The number of unbranched alkanes of at least 4 members (excludes halogenated alkanes) is 1. The number of carbonyl (C=O) groups excluding carboxylic acids is 2. The van der Waals surface area contributed by atoms with E-state index in [1.165, 1.54) is 0 Å². The number of nitrogens with one attached hydrogen (secondary N) is 4. The number of fused-ring (bicyclic) bond motifs is 2. The maximum Gasteiger partial charge on any atom is 0.334 e. The lowest BCUT2D eigenvalue weighted by molar-refractivity contribution is -0.149. The predicted molar refractivity (Wildman–Crippen MR) is 199 cm³/mol. The highest BCUT2D eigenvalue weighted by atomic mass is 32.1. The summed E-state index contributed by atoms with van der Waals surface area (Å²) in [5, 5.41) is 36.6. The van der Waals surface area contributed by atoms with E-state index in [0.29, 0.717) is 43.8 Å². The molecule has 0 spiro atoms. The SMILES string of the molecule is CNC(=S)NCCCCC(NC(=O)C(Cc1cccc2ccccc12)Cc1cccc2ccccc12)C(=O)NC(CC(C)C)[C@@H](O)C(=O)O. The zero-order chi connectivity index (χ0) is 35.3. The van der Waals surface area contributed by atoms with Crippen LogP contribution >= 0.6 is 12.2 Å². The molecule has 0 aliphatic carbocycles. The summed E-state index contributed by atoms with van der Waals surface area (Å²) in [4.78, 5) is 39.9. The summed E-state index contributed by atoms with van der Waals surface area (Å²) in [7, 11) is 1.73. The first-order chi connectivity index (χ1) is 23.6. The first-order valence-corrected chi connectivity index (χ1v) is 17.4. The number of benzene rings is 4. The molecule has 49 heavy (non-hydrogen) atoms. The third-order valence-electron chi connectivity index (χ3n) is 8.82. The van der Waals surface area contributed by atoms with E-state index in [1.807, 2.05) is 62.4 Å². The monoisotopic (exact) mass is 684 g/mol. The molecule has 260 valence electrons. The Labute approximate surface area is 293 Å². The standard InChI is InChI=1S/C39H48N4O5S/c1-25(2)22-34(35(44)38(47)48)43-37(46)33(20-8-9-21-41-39(49)40-3)42-36(45)30(23-28-16-10-14-26-12-4-6-18-31(26)28)24-29-17-11-15-27-13-5-7-19-32(27)29/h4-7,10-19,25,30,33-35,44H,8-9,20-24H2,1-3H3,(H,42,45)(H,43,46)(H,47,48)(H2,40,41,49)/t33?,34?,35-/m1/s1. The Bertz CT molecular complexity index is 1650. The van der Waals surface area contributed by atoms with Crippen LogP contribution in [0.3, 0.4) is 0 Å². The first-order valence-electron chi connectivity index (χ1n) is 17.0. The van der Waals surface area contributed by atoms with Crippen molar-refractivity contribution >= 4 is 56.7 Å². The molecule has 0 saturated heterocycles. The van der Waals surface area contributed by atoms with Crippen molar-refractivity contribution in [3.63, 3.8) is 0 Å². The summed E-state index contributed by atoms with van der Waals surface area (Å²) in [6.07, 6.45) is 0.970. The number of carboxylic acids is 1. The van der Waals surface area contributed by atoms with Gasteiger partial charge in [-0.25, -0.2) is 4.79 Å². The van der Waals surface area contributed by atoms with Crippen LogP contribution in [0.2, 0.25) is 0 Å². The largest absolute Gasteiger partial charge is 0.479 e. The highest BCUT2D eigenvalue weighted by Crippen LogP contribution is 2.26. The van der Waals surface area contributed by atoms with Crippen molar-refractivity contribution in [3.05, 3.63) is 96.1 Å². The van der Waals surface area contributed by atoms with Crippen LogP contribution in [0.15, 0.2) is 84.9 Å². The average Bonchev–Trinajstić information content (AvgIpc) is 3.09. The molecule has 0 aromatic heterocycles. The lowest BCUT2D eigenvalue weighted by Crippen LogP contribution is -2.55. The molecule has 4 aromatic carbocycles. The summed E-state index contributed by atoms with van der Waals surface area (Å²) in [5.41, 5.74) is 2.07. The minimum Gasteiger partial charge on any atom is -0.479 e. The number of carboxylic acid groups (broad SMARTS) is 1. The summed E-state index contributed by atoms with van der Waals surface area (Å²) < 4.78 is 0. The van der Waals surface area contributed by atoms with E-state index < -0.39 is 36.0 Å². The van der Waals surface area contributed by atoms with E-state index in [-0.39, 0.29) is 18.2 Å². The van der Waals surface area contributed by atoms with Gasteiger partial charge in [0.2, 0.25) is 11.8 Å². The Morgan fingerprint density at radius 3 is 1.84 bits per heavy atom. The minimum atomic E-state index is -1.78. The number of aliphatic hydroxyl groups excluding tert-OH is 1. The molecule has 10 heteroatoms. The summed E-state index contributed by atoms with van der Waals surface area (Å²) >= 11 is 5.16. The average molecular weight is 685 g/mol. The van der Waals surface area contributed by atoms with E-state index in [9.17, 15) is 24.6 Å². The molecule has 3 atom stereocenters. The number of rotatable bonds is 17. The molecule has 0 fully saturated rings. The topological polar surface area (TPSA) is 140 Å². The van der Waals surface area contributed by atoms with Gasteiger partial charge in [-0.05, 0) is 89.3 Å². The van der Waals surface area contributed by atoms with Crippen molar-refractivity contribution in [3.8, 4) is 0 Å². The number of amides is 2. The quantitative estimate of drug-likeness (QED) is 0.0666. The van der Waals surface area contributed by atoms with Gasteiger partial charge in [-0.1, -0.05) is 98.8 Å². The van der Waals surface area contributed by atoms with Crippen LogP contribution < -0.4 is 21.3 Å². The number of aliphatic hydroxyl groups is 1. The Kier molecular flexibility index (Phi) is 13.9. The molecule has 0 heterocycles. The molecule has 0 bridgehead atoms. The second-order valence-corrected chi connectivity index (χ2v) is 13.4. The summed E-state index contributed by atoms with van der Waals surface area (Å²) in [5.74, 6) is -2.71. The van der Waals surface area contributed by atoms with E-state index in [4.69, 9.17) is 12.2 Å². The lowest BCUT2D eigenvalue weighted by atomic mass is 9.87. The Hall–Kier alpha value is -4.54. The second-order valence-electron chi connectivity index (χ2n) is 13.0. The van der Waals surface area contributed by atoms with Crippen molar-refractivity contribution in [2.75, 3.05) is 13.6 Å². The third kappa shape index (κ3) is 10.7. The van der Waals surface area contributed by atoms with Gasteiger partial charge in [0.05, 0.1) is 6.04 Å². The van der Waals surface area contributed by atoms with E-state index in [0.717, 1.165) is 32.7 Å². The lowest BCUT2D eigenvalue weighted by Gasteiger charge is -2.28. The van der Waals surface area contributed by atoms with Gasteiger partial charge in [-0.3, -0.25) is 9.59 Å². The molecular weight excluding hydrogens is 637 g/mol. The van der Waals surface area contributed by atoms with Crippen LogP contribution in [0.4, 0.5) is 0 Å². The Balaban J connectivity index is 1.63. The molecule has 4 aromatic rings. The fraction of sp³-hybridized carbons (Fsp3) is 0.385. The van der Waals surface area contributed by atoms with Gasteiger partial charge >= 0.3 is 5.97 Å². The fourth-order valence-corrected chi connectivity index (χ4v) is 6.38. The van der Waals surface area contributed by atoms with E-state index in [1.54, 1.807) is 7.05 Å². The highest BCUT2D eigenvalue weighted by molar-refractivity contribution is 7.80. The van der Waals surface area contributed by atoms with E-state index in [2.05, 4.69) is 57.7 Å². The van der Waals surface area contributed by atoms with Crippen LogP contribution in [0.25, 0.3) is 21.5 Å². The maximum atomic E-state index is 14.4. The molecular formula is C39H48N4O5S. The van der Waals surface area contributed by atoms with Crippen LogP contribution in [0.5, 0.6) is 0 Å². The zero-order valence-electron chi connectivity index (χ0n) is 28.4. The third-order valence-corrected chi connectivity index (χ3v) is 9.16. The molecule has 0 aliphatic rings. The summed E-state index contributed by atoms with van der Waals surface area (Å²) in [6, 6.07) is 26.4. The second kappa shape index (κ2) is 18.3. The molecule has 6 N–H and O–H groups in total. The van der Waals surface area contributed by atoms with Gasteiger partial charge in [0.1, 0.15) is 6.04 Å². The van der Waals surface area contributed by atoms with Crippen LogP contribution in [0.1, 0.15) is 50.7 Å². The number of aliphatic carboxylic acids is 1. The van der Waals surface area contributed by atoms with Crippen molar-refractivity contribution in [2.24, 2.45) is 11.8 Å². The Morgan fingerprint density at radius 1 is 0.755 bits per heavy atom. The van der Waals surface area contributed by atoms with Gasteiger partial charge in [-0.2, -0.15) is 0 Å². The van der Waals surface area contributed by atoms with Crippen molar-refractivity contribution in [1.82, 2.24) is 21.3 Å². The zero-order valence-corrected chi connectivity index (χ0v) is 29.3. The molecule has 0 aliphatic heterocycles. The van der Waals surface area contributed by atoms with Gasteiger partial charge in [0.15, 0.2) is 11.2 Å². The van der Waals surface area contributed by atoms with Crippen LogP contribution in [0, 0.1) is 11.8 Å². The van der Waals surface area contributed by atoms with Gasteiger partial charge in [0.25, 0.3) is 0 Å². The number of hydrogen-bond acceptors (Lipinski definition) is 5. The minimum absolute atomic E-state index is 0.0141. The smallest absolute Gasteiger partial charge is 0.334 e. The van der Waals surface area contributed by atoms with Crippen molar-refractivity contribution < 1.29 is 24.6 Å². The van der Waals surface area contributed by atoms with Crippen molar-refractivity contribution in [2.45, 2.75) is 70.6 Å². The molecule has 2 unspecified atom stereocenters. The predicted octanol–water partition coefficient (Wildman–Crippen LogP) is 5.12. The van der Waals surface area contributed by atoms with E-state index >= 15 is 0 Å². The van der Waals surface area contributed by atoms with Crippen molar-refractivity contribution in [1.29, 1.82) is 0 Å². The molecule has 2 amide bonds. The molecule has 9 nitrogen and oxygen atoms in total. The summed E-state index contributed by atoms with van der Waals surface area (Å²) in [6.45, 7) is 4.36. The highest BCUT2D eigenvalue weighted by Gasteiger charge is 2.32. The van der Waals surface area contributed by atoms with Gasteiger partial charge in [0, 0.05) is 19.5 Å². The van der Waals surface area contributed by atoms with Crippen LogP contribution in [-0.2, 0) is 27.2 Å².